The van der Waals surface area contributed by atoms with Crippen LogP contribution in [0.3, 0.4) is 0 Å². The number of ether oxygens (including phenoxy) is 4. The third-order valence-electron chi connectivity index (χ3n) is 7.42. The zero-order valence-corrected chi connectivity index (χ0v) is 25.6. The Balaban J connectivity index is 1.48. The Bertz CT molecular complexity index is 1540. The highest BCUT2D eigenvalue weighted by molar-refractivity contribution is 5.70. The minimum Gasteiger partial charge on any atom is -0.497 e. The normalized spacial score (nSPS) is 16.6. The van der Waals surface area contributed by atoms with E-state index in [1.807, 2.05) is 97.1 Å². The smallest absolute Gasteiger partial charge is 0.329 e. The average Bonchev–Trinajstić information content (AvgIpc) is 3.06. The summed E-state index contributed by atoms with van der Waals surface area (Å²) in [5.41, 5.74) is 5.16. The number of carbonyl (C=O) groups is 1. The summed E-state index contributed by atoms with van der Waals surface area (Å²) in [7, 11) is 1.63. The van der Waals surface area contributed by atoms with E-state index in [0.717, 1.165) is 28.0 Å². The summed E-state index contributed by atoms with van der Waals surface area (Å²) < 4.78 is 24.0. The zero-order chi connectivity index (χ0) is 31.4. The van der Waals surface area contributed by atoms with Crippen LogP contribution in [0.4, 0.5) is 5.69 Å². The van der Waals surface area contributed by atoms with Gasteiger partial charge in [-0.15, -0.1) is 0 Å². The first-order chi connectivity index (χ1) is 22.0. The molecule has 8 nitrogen and oxygen atoms in total. The maximum absolute atomic E-state index is 12.2. The Kier molecular flexibility index (Phi) is 11.2. The Morgan fingerprint density at radius 1 is 0.800 bits per heavy atom. The second kappa shape index (κ2) is 15.9. The first-order valence-corrected chi connectivity index (χ1v) is 15.0. The van der Waals surface area contributed by atoms with Crippen LogP contribution >= 0.6 is 0 Å². The molecule has 0 bridgehead atoms. The van der Waals surface area contributed by atoms with Crippen molar-refractivity contribution >= 4 is 11.7 Å². The van der Waals surface area contributed by atoms with Crippen LogP contribution in [0.15, 0.2) is 109 Å². The Hall–Kier alpha value is -4.63. The number of aliphatic hydroxyl groups is 1. The number of hydrogen-bond acceptors (Lipinski definition) is 8. The second-order valence-corrected chi connectivity index (χ2v) is 10.8. The monoisotopic (exact) mass is 609 g/mol. The lowest BCUT2D eigenvalue weighted by atomic mass is 9.89. The van der Waals surface area contributed by atoms with Crippen LogP contribution in [0.1, 0.15) is 40.7 Å². The summed E-state index contributed by atoms with van der Waals surface area (Å²) in [6.07, 6.45) is 2.62. The van der Waals surface area contributed by atoms with Crippen molar-refractivity contribution in [2.24, 2.45) is 0 Å². The second-order valence-electron chi connectivity index (χ2n) is 10.8. The van der Waals surface area contributed by atoms with Crippen molar-refractivity contribution < 1.29 is 33.7 Å². The van der Waals surface area contributed by atoms with Crippen LogP contribution in [0.2, 0.25) is 0 Å². The number of fused-ring (bicyclic) bond motifs is 1. The predicted octanol–water partition coefficient (Wildman–Crippen LogP) is 6.51. The van der Waals surface area contributed by atoms with Crippen LogP contribution in [0.25, 0.3) is 0 Å². The molecule has 0 aromatic heterocycles. The standard InChI is InChI=1S/C37H39NO7/c1-27(39)45-38-19-9-14-35(40)33(26-43-23-30-15-17-32(41-2)18-16-30)37-34(38)20-31(24-42-22-28-10-5-3-6-11-28)21-36(37)44-25-29-12-7-4-8-13-29/h3-18,20-21,33,35,40H,19,22-26H2,1-2H3/b14-9-/t33-,35+/m1/s1. The molecule has 45 heavy (non-hydrogen) atoms. The van der Waals surface area contributed by atoms with E-state index in [1.165, 1.54) is 12.0 Å². The van der Waals surface area contributed by atoms with Crippen molar-refractivity contribution in [1.82, 2.24) is 0 Å². The van der Waals surface area contributed by atoms with Gasteiger partial charge >= 0.3 is 5.97 Å². The number of anilines is 1. The number of nitrogens with zero attached hydrogens (tertiary/aromatic N) is 1. The number of benzene rings is 4. The average molecular weight is 610 g/mol. The lowest BCUT2D eigenvalue weighted by molar-refractivity contribution is -0.142. The number of carbonyl (C=O) groups excluding carboxylic acids is 1. The molecular formula is C37H39NO7. The number of hydroxylamine groups is 1. The summed E-state index contributed by atoms with van der Waals surface area (Å²) in [6, 6.07) is 31.4. The molecule has 8 heteroatoms. The van der Waals surface area contributed by atoms with E-state index in [2.05, 4.69) is 0 Å². The van der Waals surface area contributed by atoms with Gasteiger partial charge in [-0.3, -0.25) is 4.79 Å². The number of methoxy groups -OCH3 is 1. The summed E-state index contributed by atoms with van der Waals surface area (Å²) in [5, 5.41) is 12.9. The maximum Gasteiger partial charge on any atom is 0.329 e. The summed E-state index contributed by atoms with van der Waals surface area (Å²) >= 11 is 0. The maximum atomic E-state index is 12.2. The lowest BCUT2D eigenvalue weighted by Gasteiger charge is -2.33. The number of aliphatic hydroxyl groups excluding tert-OH is 1. The van der Waals surface area contributed by atoms with Crippen molar-refractivity contribution in [1.29, 1.82) is 0 Å². The molecule has 1 heterocycles. The topological polar surface area (TPSA) is 86.7 Å². The molecule has 0 saturated heterocycles. The number of hydrogen-bond donors (Lipinski definition) is 1. The SMILES string of the molecule is COc1ccc(COC[C@H]2c3c(OCc4ccccc4)cc(COCc4ccccc4)cc3N(OC(C)=O)C/C=C\[C@@H]2O)cc1. The van der Waals surface area contributed by atoms with Crippen LogP contribution in [-0.4, -0.2) is 37.4 Å². The molecule has 2 atom stereocenters. The fraction of sp³-hybridized carbons (Fsp3) is 0.270. The van der Waals surface area contributed by atoms with Crippen molar-refractivity contribution in [2.45, 2.75) is 45.4 Å². The molecule has 4 aromatic carbocycles. The summed E-state index contributed by atoms with van der Waals surface area (Å²) in [6.45, 7) is 3.18. The molecule has 5 rings (SSSR count). The van der Waals surface area contributed by atoms with Gasteiger partial charge in [0.2, 0.25) is 0 Å². The molecule has 4 aromatic rings. The highest BCUT2D eigenvalue weighted by Crippen LogP contribution is 2.41. The van der Waals surface area contributed by atoms with E-state index in [9.17, 15) is 9.90 Å². The van der Waals surface area contributed by atoms with E-state index >= 15 is 0 Å². The largest absolute Gasteiger partial charge is 0.497 e. The Morgan fingerprint density at radius 3 is 2.09 bits per heavy atom. The molecule has 234 valence electrons. The van der Waals surface area contributed by atoms with Crippen LogP contribution in [0.5, 0.6) is 11.5 Å². The fourth-order valence-corrected chi connectivity index (χ4v) is 5.19. The van der Waals surface area contributed by atoms with Crippen molar-refractivity contribution in [3.8, 4) is 11.5 Å². The van der Waals surface area contributed by atoms with E-state index in [1.54, 1.807) is 19.3 Å². The molecule has 0 amide bonds. The van der Waals surface area contributed by atoms with E-state index in [-0.39, 0.29) is 13.2 Å². The lowest BCUT2D eigenvalue weighted by Crippen LogP contribution is -2.32. The van der Waals surface area contributed by atoms with Gasteiger partial charge in [0, 0.05) is 18.4 Å². The van der Waals surface area contributed by atoms with Crippen molar-refractivity contribution in [3.63, 3.8) is 0 Å². The van der Waals surface area contributed by atoms with Gasteiger partial charge in [0.05, 0.1) is 51.9 Å². The van der Waals surface area contributed by atoms with Crippen LogP contribution in [0, 0.1) is 0 Å². The molecular weight excluding hydrogens is 570 g/mol. The van der Waals surface area contributed by atoms with Crippen molar-refractivity contribution in [3.05, 3.63) is 137 Å². The molecule has 1 aliphatic rings. The van der Waals surface area contributed by atoms with E-state index < -0.39 is 18.0 Å². The van der Waals surface area contributed by atoms with Gasteiger partial charge in [-0.05, 0) is 46.5 Å². The van der Waals surface area contributed by atoms with Gasteiger partial charge in [0.15, 0.2) is 0 Å². The molecule has 1 N–H and O–H groups in total. The molecule has 1 aliphatic heterocycles. The molecule has 0 saturated carbocycles. The van der Waals surface area contributed by atoms with Gasteiger partial charge in [0.1, 0.15) is 18.1 Å². The molecule has 0 aliphatic carbocycles. The quantitative estimate of drug-likeness (QED) is 0.172. The van der Waals surface area contributed by atoms with E-state index in [4.69, 9.17) is 23.8 Å². The fourth-order valence-electron chi connectivity index (χ4n) is 5.19. The minimum atomic E-state index is -0.877. The first kappa shape index (κ1) is 31.8. The molecule has 0 fully saturated rings. The van der Waals surface area contributed by atoms with Gasteiger partial charge < -0.3 is 28.9 Å². The zero-order valence-electron chi connectivity index (χ0n) is 25.6. The molecule has 0 radical (unpaired) electrons. The number of rotatable bonds is 13. The third kappa shape index (κ3) is 8.95. The highest BCUT2D eigenvalue weighted by atomic mass is 16.7. The Labute approximate surface area is 264 Å². The van der Waals surface area contributed by atoms with Crippen molar-refractivity contribution in [2.75, 3.05) is 25.3 Å². The third-order valence-corrected chi connectivity index (χ3v) is 7.42. The van der Waals surface area contributed by atoms with Gasteiger partial charge in [-0.25, -0.2) is 5.06 Å². The van der Waals surface area contributed by atoms with Crippen LogP contribution in [-0.2, 0) is 45.5 Å². The minimum absolute atomic E-state index is 0.185. The Morgan fingerprint density at radius 2 is 1.42 bits per heavy atom. The van der Waals surface area contributed by atoms with Gasteiger partial charge in [0.25, 0.3) is 0 Å². The van der Waals surface area contributed by atoms with Gasteiger partial charge in [-0.1, -0.05) is 84.9 Å². The summed E-state index contributed by atoms with van der Waals surface area (Å²) in [4.78, 5) is 17.9. The summed E-state index contributed by atoms with van der Waals surface area (Å²) in [5.74, 6) is 0.333. The van der Waals surface area contributed by atoms with E-state index in [0.29, 0.717) is 43.4 Å². The molecule has 0 spiro atoms. The highest BCUT2D eigenvalue weighted by Gasteiger charge is 2.31. The van der Waals surface area contributed by atoms with Crippen LogP contribution < -0.4 is 14.5 Å². The van der Waals surface area contributed by atoms with Gasteiger partial charge in [-0.2, -0.15) is 0 Å². The predicted molar refractivity (Wildman–Crippen MR) is 172 cm³/mol. The first-order valence-electron chi connectivity index (χ1n) is 15.0. The molecule has 0 unspecified atom stereocenters.